The molecule has 1 aromatic heterocycles. The van der Waals surface area contributed by atoms with E-state index in [1.807, 2.05) is 32.9 Å². The van der Waals surface area contributed by atoms with Crippen molar-refractivity contribution in [2.24, 2.45) is 5.92 Å². The maximum atomic E-state index is 13.8. The zero-order chi connectivity index (χ0) is 20.4. The molecular weight excluding hydrogens is 376 g/mol. The van der Waals surface area contributed by atoms with Gasteiger partial charge in [-0.15, -0.1) is 0 Å². The lowest BCUT2D eigenvalue weighted by Crippen LogP contribution is -2.47. The quantitative estimate of drug-likeness (QED) is 0.830. The smallest absolute Gasteiger partial charge is 0.242 e. The molecule has 0 radical (unpaired) electrons. The summed E-state index contributed by atoms with van der Waals surface area (Å²) >= 11 is 6.54. The Bertz CT molecular complexity index is 989. The average Bonchev–Trinajstić information content (AvgIpc) is 3.10. The number of hydrogen-bond acceptors (Lipinski definition) is 3. The Morgan fingerprint density at radius 2 is 1.96 bits per heavy atom. The second kappa shape index (κ2) is 6.08. The van der Waals surface area contributed by atoms with Crippen molar-refractivity contribution < 1.29 is 9.59 Å². The van der Waals surface area contributed by atoms with Crippen LogP contribution in [-0.2, 0) is 20.5 Å². The molecule has 0 fully saturated rings. The Morgan fingerprint density at radius 1 is 1.25 bits per heavy atom. The molecule has 0 saturated carbocycles. The number of carbonyl (C=O) groups is 2. The minimum absolute atomic E-state index is 0.0522. The van der Waals surface area contributed by atoms with Crippen LogP contribution in [0.4, 0.5) is 11.5 Å². The molecule has 1 aromatic carbocycles. The zero-order valence-corrected chi connectivity index (χ0v) is 17.6. The van der Waals surface area contributed by atoms with E-state index in [4.69, 9.17) is 11.6 Å². The summed E-state index contributed by atoms with van der Waals surface area (Å²) in [6.07, 6.45) is 1.78. The van der Waals surface area contributed by atoms with Crippen LogP contribution in [0.15, 0.2) is 24.4 Å². The number of rotatable bonds is 2. The van der Waals surface area contributed by atoms with Crippen LogP contribution in [0.2, 0.25) is 5.02 Å². The molecule has 148 valence electrons. The van der Waals surface area contributed by atoms with E-state index in [1.54, 1.807) is 21.8 Å². The average molecular weight is 401 g/mol. The second-order valence-electron chi connectivity index (χ2n) is 9.07. The van der Waals surface area contributed by atoms with Crippen LogP contribution in [-0.4, -0.2) is 28.1 Å². The Hall–Kier alpha value is -2.34. The number of para-hydroxylation sites is 1. The first-order chi connectivity index (χ1) is 13.1. The SMILES string of the molecule is CC(C)CN1C(=O)[C@@]2(CC(=O)Nc3c2cnn3C(C)(C)C)c2cccc(Cl)c21. The van der Waals surface area contributed by atoms with Crippen molar-refractivity contribution >= 4 is 34.9 Å². The largest absolute Gasteiger partial charge is 0.311 e. The molecule has 1 spiro atoms. The number of amides is 2. The number of anilines is 2. The predicted molar refractivity (Wildman–Crippen MR) is 110 cm³/mol. The van der Waals surface area contributed by atoms with Gasteiger partial charge in [0.05, 0.1) is 22.4 Å². The van der Waals surface area contributed by atoms with Gasteiger partial charge >= 0.3 is 0 Å². The third kappa shape index (κ3) is 2.50. The first-order valence-electron chi connectivity index (χ1n) is 9.57. The van der Waals surface area contributed by atoms with Crippen LogP contribution in [0.3, 0.4) is 0 Å². The predicted octanol–water partition coefficient (Wildman–Crippen LogP) is 3.92. The van der Waals surface area contributed by atoms with Crippen molar-refractivity contribution in [1.29, 1.82) is 0 Å². The van der Waals surface area contributed by atoms with Gasteiger partial charge in [-0.05, 0) is 38.3 Å². The normalized spacial score (nSPS) is 21.3. The van der Waals surface area contributed by atoms with Crippen molar-refractivity contribution in [3.05, 3.63) is 40.5 Å². The number of carbonyl (C=O) groups excluding carboxylic acids is 2. The van der Waals surface area contributed by atoms with Gasteiger partial charge in [-0.3, -0.25) is 9.59 Å². The highest BCUT2D eigenvalue weighted by Gasteiger charge is 2.57. The number of fused-ring (bicyclic) bond motifs is 4. The molecule has 6 nitrogen and oxygen atoms in total. The molecule has 3 heterocycles. The van der Waals surface area contributed by atoms with Gasteiger partial charge in [-0.1, -0.05) is 37.6 Å². The molecule has 2 aromatic rings. The van der Waals surface area contributed by atoms with E-state index in [2.05, 4.69) is 24.3 Å². The van der Waals surface area contributed by atoms with Crippen molar-refractivity contribution in [2.75, 3.05) is 16.8 Å². The van der Waals surface area contributed by atoms with E-state index >= 15 is 0 Å². The molecule has 2 amide bonds. The fourth-order valence-electron chi connectivity index (χ4n) is 4.35. The van der Waals surface area contributed by atoms with Crippen molar-refractivity contribution in [3.8, 4) is 0 Å². The summed E-state index contributed by atoms with van der Waals surface area (Å²) in [7, 11) is 0. The maximum absolute atomic E-state index is 13.8. The van der Waals surface area contributed by atoms with Crippen LogP contribution < -0.4 is 10.2 Å². The Morgan fingerprint density at radius 3 is 2.61 bits per heavy atom. The topological polar surface area (TPSA) is 67.2 Å². The number of nitrogens with one attached hydrogen (secondary N) is 1. The van der Waals surface area contributed by atoms with Crippen molar-refractivity contribution in [2.45, 2.75) is 52.0 Å². The minimum atomic E-state index is -1.09. The van der Waals surface area contributed by atoms with Gasteiger partial charge in [-0.25, -0.2) is 4.68 Å². The molecule has 0 aliphatic carbocycles. The molecule has 2 aliphatic heterocycles. The summed E-state index contributed by atoms with van der Waals surface area (Å²) in [6.45, 7) is 10.7. The summed E-state index contributed by atoms with van der Waals surface area (Å²) in [4.78, 5) is 28.4. The van der Waals surface area contributed by atoms with Gasteiger partial charge in [0.1, 0.15) is 11.2 Å². The first kappa shape index (κ1) is 19.0. The Balaban J connectivity index is 2.01. The van der Waals surface area contributed by atoms with Crippen LogP contribution >= 0.6 is 11.6 Å². The fourth-order valence-corrected chi connectivity index (χ4v) is 4.63. The molecule has 0 saturated heterocycles. The first-order valence-corrected chi connectivity index (χ1v) is 9.95. The lowest BCUT2D eigenvalue weighted by molar-refractivity contribution is -0.126. The minimum Gasteiger partial charge on any atom is -0.311 e. The van der Waals surface area contributed by atoms with Gasteiger partial charge in [0.15, 0.2) is 0 Å². The van der Waals surface area contributed by atoms with Gasteiger partial charge in [0, 0.05) is 18.5 Å². The van der Waals surface area contributed by atoms with Crippen LogP contribution in [0, 0.1) is 5.92 Å². The van der Waals surface area contributed by atoms with Gasteiger partial charge in [0.25, 0.3) is 0 Å². The summed E-state index contributed by atoms with van der Waals surface area (Å²) < 4.78 is 1.78. The van der Waals surface area contributed by atoms with E-state index in [0.29, 0.717) is 23.1 Å². The molecule has 28 heavy (non-hydrogen) atoms. The third-order valence-electron chi connectivity index (χ3n) is 5.42. The van der Waals surface area contributed by atoms with Crippen LogP contribution in [0.5, 0.6) is 0 Å². The molecule has 0 bridgehead atoms. The standard InChI is InChI=1S/C21H25ClN4O2/c1-12(2)11-25-17-13(7-6-8-15(17)22)21(19(25)28)9-16(27)24-18-14(21)10-23-26(18)20(3,4)5/h6-8,10,12H,9,11H2,1-5H3,(H,24,27)/t21-/m0/s1. The van der Waals surface area contributed by atoms with Gasteiger partial charge in [0.2, 0.25) is 11.8 Å². The summed E-state index contributed by atoms with van der Waals surface area (Å²) in [5, 5.41) is 8.01. The lowest BCUT2D eigenvalue weighted by Gasteiger charge is -2.34. The monoisotopic (exact) mass is 400 g/mol. The highest BCUT2D eigenvalue weighted by Crippen LogP contribution is 2.54. The molecule has 0 unspecified atom stereocenters. The summed E-state index contributed by atoms with van der Waals surface area (Å²) in [6, 6.07) is 5.55. The molecule has 2 aliphatic rings. The third-order valence-corrected chi connectivity index (χ3v) is 5.73. The molecule has 7 heteroatoms. The summed E-state index contributed by atoms with van der Waals surface area (Å²) in [5.74, 6) is 0.560. The number of aromatic nitrogens is 2. The van der Waals surface area contributed by atoms with E-state index in [9.17, 15) is 9.59 Å². The van der Waals surface area contributed by atoms with E-state index in [-0.39, 0.29) is 29.7 Å². The molecule has 1 N–H and O–H groups in total. The fraction of sp³-hybridized carbons (Fsp3) is 0.476. The lowest BCUT2D eigenvalue weighted by atomic mass is 9.71. The summed E-state index contributed by atoms with van der Waals surface area (Å²) in [5.41, 5.74) is 0.815. The maximum Gasteiger partial charge on any atom is 0.242 e. The second-order valence-corrected chi connectivity index (χ2v) is 9.47. The van der Waals surface area contributed by atoms with E-state index in [1.165, 1.54) is 0 Å². The van der Waals surface area contributed by atoms with Gasteiger partial charge < -0.3 is 10.2 Å². The number of hydrogen-bond donors (Lipinski definition) is 1. The highest BCUT2D eigenvalue weighted by atomic mass is 35.5. The molecule has 1 atom stereocenters. The van der Waals surface area contributed by atoms with Crippen LogP contribution in [0.1, 0.15) is 52.2 Å². The van der Waals surface area contributed by atoms with E-state index in [0.717, 1.165) is 11.1 Å². The Labute approximate surface area is 169 Å². The molecule has 4 rings (SSSR count). The number of benzene rings is 1. The van der Waals surface area contributed by atoms with E-state index < -0.39 is 5.41 Å². The van der Waals surface area contributed by atoms with Crippen molar-refractivity contribution in [3.63, 3.8) is 0 Å². The zero-order valence-electron chi connectivity index (χ0n) is 16.8. The van der Waals surface area contributed by atoms with Crippen molar-refractivity contribution in [1.82, 2.24) is 9.78 Å². The molecular formula is C21H25ClN4O2. The highest BCUT2D eigenvalue weighted by molar-refractivity contribution is 6.35. The Kier molecular flexibility index (Phi) is 4.12. The van der Waals surface area contributed by atoms with Crippen LogP contribution in [0.25, 0.3) is 0 Å². The number of nitrogens with zero attached hydrogens (tertiary/aromatic N) is 3. The van der Waals surface area contributed by atoms with Gasteiger partial charge in [-0.2, -0.15) is 5.10 Å². The number of halogens is 1.